The standard InChI is InChI=1S/C19H27NO4S/c1-14-13-16(9-10-17(14)25(7,22)12-8-11-21)18(20-5)24-15(2)19(3,4)23-6/h9-11,13H,2,7-8,12H2,1,3-6H3. The fourth-order valence-electron chi connectivity index (χ4n) is 2.14. The van der Waals surface area contributed by atoms with E-state index >= 15 is 0 Å². The molecule has 0 aliphatic carbocycles. The van der Waals surface area contributed by atoms with Gasteiger partial charge in [0.05, 0.1) is 0 Å². The van der Waals surface area contributed by atoms with E-state index in [0.717, 1.165) is 17.4 Å². The Balaban J connectivity index is 3.13. The molecule has 0 N–H and O–H groups in total. The van der Waals surface area contributed by atoms with Crippen molar-refractivity contribution in [1.82, 2.24) is 0 Å². The first-order chi connectivity index (χ1) is 11.6. The summed E-state index contributed by atoms with van der Waals surface area (Å²) in [6.07, 6.45) is 0.980. The Morgan fingerprint density at radius 2 is 2.04 bits per heavy atom. The molecule has 0 fully saturated rings. The molecule has 0 saturated carbocycles. The highest BCUT2D eigenvalue weighted by Gasteiger charge is 2.24. The highest BCUT2D eigenvalue weighted by molar-refractivity contribution is 8.00. The van der Waals surface area contributed by atoms with E-state index in [0.29, 0.717) is 16.6 Å². The lowest BCUT2D eigenvalue weighted by molar-refractivity contribution is -0.107. The second-order valence-corrected chi connectivity index (χ2v) is 8.69. The summed E-state index contributed by atoms with van der Waals surface area (Å²) in [5.41, 5.74) is 0.897. The van der Waals surface area contributed by atoms with Crippen molar-refractivity contribution in [3.8, 4) is 0 Å². The molecule has 0 aromatic heterocycles. The number of carbonyl (C=O) groups excluding carboxylic acids is 1. The Morgan fingerprint density at radius 3 is 2.52 bits per heavy atom. The lowest BCUT2D eigenvalue weighted by Gasteiger charge is -2.25. The normalized spacial score (nSPS) is 14.7. The van der Waals surface area contributed by atoms with Crippen molar-refractivity contribution in [2.75, 3.05) is 19.9 Å². The fourth-order valence-corrected chi connectivity index (χ4v) is 3.79. The molecule has 1 aromatic carbocycles. The van der Waals surface area contributed by atoms with Crippen LogP contribution in [0.5, 0.6) is 0 Å². The zero-order valence-corrected chi connectivity index (χ0v) is 16.4. The number of aldehydes is 1. The van der Waals surface area contributed by atoms with Gasteiger partial charge in [0.15, 0.2) is 0 Å². The van der Waals surface area contributed by atoms with E-state index in [1.54, 1.807) is 26.3 Å². The topological polar surface area (TPSA) is 65.0 Å². The highest BCUT2D eigenvalue weighted by atomic mass is 32.2. The average molecular weight is 365 g/mol. The predicted octanol–water partition coefficient (Wildman–Crippen LogP) is 2.99. The minimum atomic E-state index is -2.50. The number of carbonyl (C=O) groups is 1. The monoisotopic (exact) mass is 365 g/mol. The molecule has 0 aliphatic heterocycles. The molecule has 0 amide bonds. The molecule has 0 heterocycles. The molecular formula is C19H27NO4S. The molecule has 0 radical (unpaired) electrons. The lowest BCUT2D eigenvalue weighted by atomic mass is 10.1. The molecular weight excluding hydrogens is 338 g/mol. The quantitative estimate of drug-likeness (QED) is 0.234. The van der Waals surface area contributed by atoms with E-state index < -0.39 is 15.1 Å². The maximum absolute atomic E-state index is 12.7. The maximum atomic E-state index is 12.7. The number of nitrogens with zero attached hydrogens (tertiary/aromatic N) is 1. The van der Waals surface area contributed by atoms with Gasteiger partial charge < -0.3 is 14.3 Å². The van der Waals surface area contributed by atoms with Crippen LogP contribution >= 0.6 is 0 Å². The van der Waals surface area contributed by atoms with Crippen molar-refractivity contribution >= 4 is 27.6 Å². The van der Waals surface area contributed by atoms with Crippen molar-refractivity contribution in [2.24, 2.45) is 4.99 Å². The first-order valence-electron chi connectivity index (χ1n) is 7.88. The molecule has 1 aromatic rings. The summed E-state index contributed by atoms with van der Waals surface area (Å²) in [7, 11) is 0.707. The van der Waals surface area contributed by atoms with Crippen LogP contribution in [-0.2, 0) is 23.8 Å². The summed E-state index contributed by atoms with van der Waals surface area (Å²) >= 11 is 0. The summed E-state index contributed by atoms with van der Waals surface area (Å²) in [5.74, 6) is 4.87. The Kier molecular flexibility index (Phi) is 7.14. The molecule has 1 unspecified atom stereocenters. The number of ether oxygens (including phenoxy) is 2. The van der Waals surface area contributed by atoms with E-state index in [4.69, 9.17) is 9.47 Å². The van der Waals surface area contributed by atoms with Gasteiger partial charge in [-0.25, -0.2) is 0 Å². The number of hydrogen-bond acceptors (Lipinski definition) is 5. The van der Waals surface area contributed by atoms with Crippen LogP contribution in [-0.4, -0.2) is 47.8 Å². The van der Waals surface area contributed by atoms with Crippen molar-refractivity contribution in [2.45, 2.75) is 37.7 Å². The number of aliphatic imine (C=N–C) groups is 1. The van der Waals surface area contributed by atoms with Crippen LogP contribution in [0, 0.1) is 6.92 Å². The van der Waals surface area contributed by atoms with Gasteiger partial charge in [0, 0.05) is 36.8 Å². The van der Waals surface area contributed by atoms with Crippen molar-refractivity contribution < 1.29 is 18.5 Å². The van der Waals surface area contributed by atoms with Crippen LogP contribution in [0.4, 0.5) is 0 Å². The van der Waals surface area contributed by atoms with Crippen LogP contribution in [0.2, 0.25) is 0 Å². The number of benzene rings is 1. The van der Waals surface area contributed by atoms with Gasteiger partial charge >= 0.3 is 0 Å². The first kappa shape index (κ1) is 21.1. The van der Waals surface area contributed by atoms with E-state index in [2.05, 4.69) is 17.4 Å². The molecule has 0 saturated heterocycles. The molecule has 138 valence electrons. The SMILES string of the molecule is C=C(OC(=NC)c1ccc(S(=C)(=O)CCC=O)c(C)c1)C(C)(C)OC. The van der Waals surface area contributed by atoms with E-state index in [1.807, 2.05) is 26.8 Å². The van der Waals surface area contributed by atoms with Gasteiger partial charge in [-0.1, -0.05) is 6.58 Å². The zero-order valence-electron chi connectivity index (χ0n) is 15.6. The van der Waals surface area contributed by atoms with Gasteiger partial charge in [-0.05, 0) is 59.9 Å². The van der Waals surface area contributed by atoms with Gasteiger partial charge in [-0.15, -0.1) is 0 Å². The molecule has 0 aliphatic rings. The van der Waals surface area contributed by atoms with Crippen molar-refractivity contribution in [1.29, 1.82) is 0 Å². The maximum Gasteiger partial charge on any atom is 0.221 e. The third-order valence-electron chi connectivity index (χ3n) is 3.99. The minimum Gasteiger partial charge on any atom is -0.441 e. The number of rotatable bonds is 8. The molecule has 1 rings (SSSR count). The number of methoxy groups -OCH3 is 1. The molecule has 1 atom stereocenters. The largest absolute Gasteiger partial charge is 0.441 e. The predicted molar refractivity (Wildman–Crippen MR) is 104 cm³/mol. The molecule has 6 heteroatoms. The second-order valence-electron chi connectivity index (χ2n) is 6.22. The number of aryl methyl sites for hydroxylation is 1. The third kappa shape index (κ3) is 5.28. The Morgan fingerprint density at radius 1 is 1.40 bits per heavy atom. The van der Waals surface area contributed by atoms with Gasteiger partial charge in [0.1, 0.15) is 17.6 Å². The van der Waals surface area contributed by atoms with Crippen LogP contribution in [0.15, 0.2) is 40.4 Å². The summed E-state index contributed by atoms with van der Waals surface area (Å²) in [4.78, 5) is 15.4. The summed E-state index contributed by atoms with van der Waals surface area (Å²) in [5, 5.41) is 0. The van der Waals surface area contributed by atoms with Gasteiger partial charge in [0.25, 0.3) is 0 Å². The van der Waals surface area contributed by atoms with E-state index in [1.165, 1.54) is 0 Å². The van der Waals surface area contributed by atoms with Crippen LogP contribution < -0.4 is 0 Å². The van der Waals surface area contributed by atoms with Gasteiger partial charge in [0.2, 0.25) is 5.90 Å². The van der Waals surface area contributed by atoms with Crippen LogP contribution in [0.25, 0.3) is 0 Å². The Labute approximate surface area is 150 Å². The molecule has 5 nitrogen and oxygen atoms in total. The third-order valence-corrected chi connectivity index (χ3v) is 6.15. The first-order valence-corrected chi connectivity index (χ1v) is 9.77. The average Bonchev–Trinajstić information content (AvgIpc) is 2.57. The summed E-state index contributed by atoms with van der Waals surface area (Å²) in [6.45, 7) is 9.46. The van der Waals surface area contributed by atoms with Crippen LogP contribution in [0.3, 0.4) is 0 Å². The molecule has 0 bridgehead atoms. The van der Waals surface area contributed by atoms with Crippen molar-refractivity contribution in [3.05, 3.63) is 41.7 Å². The highest BCUT2D eigenvalue weighted by Crippen LogP contribution is 2.23. The molecule has 25 heavy (non-hydrogen) atoms. The summed E-state index contributed by atoms with van der Waals surface area (Å²) in [6, 6.07) is 5.38. The van der Waals surface area contributed by atoms with E-state index in [9.17, 15) is 9.00 Å². The zero-order chi connectivity index (χ0) is 19.3. The lowest BCUT2D eigenvalue weighted by Crippen LogP contribution is -2.28. The number of hydrogen-bond donors (Lipinski definition) is 0. The molecule has 0 spiro atoms. The van der Waals surface area contributed by atoms with Gasteiger partial charge in [-0.3, -0.25) is 9.20 Å². The van der Waals surface area contributed by atoms with Crippen molar-refractivity contribution in [3.63, 3.8) is 0 Å². The fraction of sp³-hybridized carbons (Fsp3) is 0.421. The van der Waals surface area contributed by atoms with Crippen LogP contribution in [0.1, 0.15) is 31.4 Å². The second kappa shape index (κ2) is 8.45. The Hall–Kier alpha value is -1.92. The minimum absolute atomic E-state index is 0.222. The summed E-state index contributed by atoms with van der Waals surface area (Å²) < 4.78 is 23.8. The van der Waals surface area contributed by atoms with E-state index in [-0.39, 0.29) is 12.2 Å². The smallest absolute Gasteiger partial charge is 0.221 e. The Bertz CT molecular complexity index is 777. The van der Waals surface area contributed by atoms with Gasteiger partial charge in [-0.2, -0.15) is 0 Å².